The molecule has 0 aromatic heterocycles. The van der Waals surface area contributed by atoms with Gasteiger partial charge in [0, 0.05) is 18.5 Å². The summed E-state index contributed by atoms with van der Waals surface area (Å²) in [5.74, 6) is 0. The topological polar surface area (TPSA) is 49.8 Å². The third-order valence-electron chi connectivity index (χ3n) is 4.83. The minimum absolute atomic E-state index is 0.0194. The van der Waals surface area contributed by atoms with Crippen LogP contribution in [0.4, 0.5) is 4.79 Å². The van der Waals surface area contributed by atoms with Gasteiger partial charge in [0.2, 0.25) is 0 Å². The second kappa shape index (κ2) is 4.65. The zero-order valence-corrected chi connectivity index (χ0v) is 12.7. The number of hydrogen-bond donors (Lipinski definition) is 1. The normalized spacial score (nSPS) is 30.7. The van der Waals surface area contributed by atoms with Crippen LogP contribution in [0, 0.1) is 5.41 Å². The monoisotopic (exact) mass is 269 g/mol. The van der Waals surface area contributed by atoms with Crippen LogP contribution in [0.2, 0.25) is 0 Å². The van der Waals surface area contributed by atoms with Gasteiger partial charge in [-0.2, -0.15) is 0 Å². The van der Waals surface area contributed by atoms with Crippen molar-refractivity contribution < 1.29 is 14.6 Å². The minimum atomic E-state index is -0.562. The van der Waals surface area contributed by atoms with Gasteiger partial charge in [0.25, 0.3) is 0 Å². The molecule has 1 N–H and O–H groups in total. The molecule has 1 saturated heterocycles. The predicted molar refractivity (Wildman–Crippen MR) is 73.9 cm³/mol. The number of carbonyl (C=O) groups excluding carboxylic acids is 1. The smallest absolute Gasteiger partial charge is 0.410 e. The molecule has 0 aromatic rings. The molecule has 1 aliphatic carbocycles. The highest BCUT2D eigenvalue weighted by Crippen LogP contribution is 2.52. The van der Waals surface area contributed by atoms with E-state index < -0.39 is 11.2 Å². The second-order valence-corrected chi connectivity index (χ2v) is 7.38. The number of nitrogens with zero attached hydrogens (tertiary/aromatic N) is 1. The molecule has 2 aliphatic rings. The molecule has 1 atom stereocenters. The lowest BCUT2D eigenvalue weighted by Gasteiger charge is -2.46. The molecule has 0 aromatic carbocycles. The Morgan fingerprint density at radius 2 is 1.74 bits per heavy atom. The SMILES string of the molecule is CC(C)(C)OC(=O)N1CCC2(CCCC2(C)O)CC1. The van der Waals surface area contributed by atoms with Crippen LogP contribution in [0.1, 0.15) is 59.8 Å². The fourth-order valence-corrected chi connectivity index (χ4v) is 3.54. The van der Waals surface area contributed by atoms with Crippen LogP contribution in [0.3, 0.4) is 0 Å². The van der Waals surface area contributed by atoms with Crippen molar-refractivity contribution in [2.45, 2.75) is 71.0 Å². The number of hydrogen-bond acceptors (Lipinski definition) is 3. The summed E-state index contributed by atoms with van der Waals surface area (Å²) in [5, 5.41) is 10.5. The molecule has 1 amide bonds. The van der Waals surface area contributed by atoms with Crippen LogP contribution in [-0.2, 0) is 4.74 Å². The number of amides is 1. The zero-order valence-electron chi connectivity index (χ0n) is 12.7. The van der Waals surface area contributed by atoms with Crippen molar-refractivity contribution in [3.8, 4) is 0 Å². The van der Waals surface area contributed by atoms with Gasteiger partial charge in [-0.15, -0.1) is 0 Å². The molecule has 4 heteroatoms. The van der Waals surface area contributed by atoms with Crippen molar-refractivity contribution in [2.75, 3.05) is 13.1 Å². The lowest BCUT2D eigenvalue weighted by Crippen LogP contribution is -2.51. The summed E-state index contributed by atoms with van der Waals surface area (Å²) in [4.78, 5) is 13.8. The molecule has 1 spiro atoms. The molecule has 1 aliphatic heterocycles. The van der Waals surface area contributed by atoms with Gasteiger partial charge in [0.15, 0.2) is 0 Å². The molecule has 110 valence electrons. The number of piperidine rings is 1. The quantitative estimate of drug-likeness (QED) is 0.735. The van der Waals surface area contributed by atoms with E-state index in [1.54, 1.807) is 4.90 Å². The molecular weight excluding hydrogens is 242 g/mol. The number of ether oxygens (including phenoxy) is 1. The maximum absolute atomic E-state index is 12.0. The Balaban J connectivity index is 1.94. The highest BCUT2D eigenvalue weighted by atomic mass is 16.6. The highest BCUT2D eigenvalue weighted by Gasteiger charge is 2.52. The molecule has 1 saturated carbocycles. The summed E-state index contributed by atoms with van der Waals surface area (Å²) >= 11 is 0. The van der Waals surface area contributed by atoms with Gasteiger partial charge in [0.05, 0.1) is 5.60 Å². The van der Waals surface area contributed by atoms with Gasteiger partial charge in [0.1, 0.15) is 5.60 Å². The van der Waals surface area contributed by atoms with E-state index in [-0.39, 0.29) is 11.5 Å². The van der Waals surface area contributed by atoms with E-state index in [0.29, 0.717) is 13.1 Å². The van der Waals surface area contributed by atoms with E-state index in [1.807, 2.05) is 27.7 Å². The van der Waals surface area contributed by atoms with Crippen LogP contribution in [-0.4, -0.2) is 40.4 Å². The van der Waals surface area contributed by atoms with E-state index >= 15 is 0 Å². The van der Waals surface area contributed by atoms with Crippen molar-refractivity contribution in [3.63, 3.8) is 0 Å². The van der Waals surface area contributed by atoms with Crippen LogP contribution in [0.5, 0.6) is 0 Å². The summed E-state index contributed by atoms with van der Waals surface area (Å²) < 4.78 is 5.40. The molecule has 19 heavy (non-hydrogen) atoms. The van der Waals surface area contributed by atoms with Crippen molar-refractivity contribution >= 4 is 6.09 Å². The van der Waals surface area contributed by atoms with Gasteiger partial charge in [-0.3, -0.25) is 0 Å². The lowest BCUT2D eigenvalue weighted by atomic mass is 9.68. The Bertz CT molecular complexity index is 349. The molecular formula is C15H27NO3. The Kier molecular flexibility index (Phi) is 3.58. The Morgan fingerprint density at radius 1 is 1.16 bits per heavy atom. The van der Waals surface area contributed by atoms with Gasteiger partial charge < -0.3 is 14.7 Å². The maximum atomic E-state index is 12.0. The maximum Gasteiger partial charge on any atom is 0.410 e. The summed E-state index contributed by atoms with van der Waals surface area (Å²) in [6.45, 7) is 9.02. The van der Waals surface area contributed by atoms with Crippen molar-refractivity contribution in [1.82, 2.24) is 4.90 Å². The molecule has 1 heterocycles. The molecule has 0 radical (unpaired) electrons. The van der Waals surface area contributed by atoms with Crippen LogP contribution < -0.4 is 0 Å². The van der Waals surface area contributed by atoms with Crippen LogP contribution in [0.25, 0.3) is 0 Å². The Morgan fingerprint density at radius 3 is 2.16 bits per heavy atom. The average molecular weight is 269 g/mol. The van der Waals surface area contributed by atoms with Crippen LogP contribution in [0.15, 0.2) is 0 Å². The summed E-state index contributed by atoms with van der Waals surface area (Å²) in [6, 6.07) is 0. The van der Waals surface area contributed by atoms with E-state index in [2.05, 4.69) is 0 Å². The Labute approximate surface area is 116 Å². The molecule has 1 unspecified atom stereocenters. The first kappa shape index (κ1) is 14.6. The predicted octanol–water partition coefficient (Wildman–Crippen LogP) is 2.94. The minimum Gasteiger partial charge on any atom is -0.444 e. The first-order valence-corrected chi connectivity index (χ1v) is 7.36. The van der Waals surface area contributed by atoms with Gasteiger partial charge in [-0.25, -0.2) is 4.79 Å². The fourth-order valence-electron chi connectivity index (χ4n) is 3.54. The van der Waals surface area contributed by atoms with Crippen molar-refractivity contribution in [1.29, 1.82) is 0 Å². The standard InChI is InChI=1S/C15H27NO3/c1-13(2,3)19-12(17)16-10-8-15(9-11-16)7-5-6-14(15,4)18/h18H,5-11H2,1-4H3. The molecule has 2 rings (SSSR count). The van der Waals surface area contributed by atoms with Gasteiger partial charge in [-0.1, -0.05) is 0 Å². The van der Waals surface area contributed by atoms with Gasteiger partial charge >= 0.3 is 6.09 Å². The highest BCUT2D eigenvalue weighted by molar-refractivity contribution is 5.68. The molecule has 0 bridgehead atoms. The third-order valence-corrected chi connectivity index (χ3v) is 4.83. The van der Waals surface area contributed by atoms with Crippen LogP contribution >= 0.6 is 0 Å². The van der Waals surface area contributed by atoms with E-state index in [9.17, 15) is 9.90 Å². The number of aliphatic hydroxyl groups is 1. The van der Waals surface area contributed by atoms with E-state index in [1.165, 1.54) is 0 Å². The van der Waals surface area contributed by atoms with E-state index in [0.717, 1.165) is 32.1 Å². The Hall–Kier alpha value is -0.770. The first-order valence-electron chi connectivity index (χ1n) is 7.36. The first-order chi connectivity index (χ1) is 8.65. The molecule has 2 fully saturated rings. The van der Waals surface area contributed by atoms with E-state index in [4.69, 9.17) is 4.74 Å². The average Bonchev–Trinajstić information content (AvgIpc) is 2.53. The van der Waals surface area contributed by atoms with Gasteiger partial charge in [-0.05, 0) is 59.8 Å². The largest absolute Gasteiger partial charge is 0.444 e. The lowest BCUT2D eigenvalue weighted by molar-refractivity contribution is -0.0789. The number of likely N-dealkylation sites (tertiary alicyclic amines) is 1. The van der Waals surface area contributed by atoms with Crippen molar-refractivity contribution in [2.24, 2.45) is 5.41 Å². The molecule has 4 nitrogen and oxygen atoms in total. The summed E-state index contributed by atoms with van der Waals surface area (Å²) in [6.07, 6.45) is 4.62. The number of carbonyl (C=O) groups is 1. The van der Waals surface area contributed by atoms with Crippen molar-refractivity contribution in [3.05, 3.63) is 0 Å². The third kappa shape index (κ3) is 2.88. The summed E-state index contributed by atoms with van der Waals surface area (Å²) in [7, 11) is 0. The summed E-state index contributed by atoms with van der Waals surface area (Å²) in [5.41, 5.74) is -0.983. The second-order valence-electron chi connectivity index (χ2n) is 7.38. The fraction of sp³-hybridized carbons (Fsp3) is 0.933. The number of rotatable bonds is 0. The zero-order chi connectivity index (χ0) is 14.3.